The van der Waals surface area contributed by atoms with Gasteiger partial charge in [-0.2, -0.15) is 0 Å². The van der Waals surface area contributed by atoms with Crippen LogP contribution in [0, 0.1) is 5.41 Å². The van der Waals surface area contributed by atoms with Crippen LogP contribution in [0.3, 0.4) is 0 Å². The Balaban J connectivity index is 2.51. The van der Waals surface area contributed by atoms with Crippen molar-refractivity contribution in [2.75, 3.05) is 11.9 Å². The van der Waals surface area contributed by atoms with Crippen molar-refractivity contribution in [3.05, 3.63) is 28.7 Å². The van der Waals surface area contributed by atoms with Crippen LogP contribution >= 0.6 is 15.9 Å². The Hall–Kier alpha value is -0.500. The average molecular weight is 242 g/mol. The Morgan fingerprint density at radius 1 is 1.15 bits per heavy atom. The maximum absolute atomic E-state index is 3.41. The molecule has 0 aliphatic rings. The van der Waals surface area contributed by atoms with Gasteiger partial charge in [-0.3, -0.25) is 0 Å². The largest absolute Gasteiger partial charge is 0.385 e. The summed E-state index contributed by atoms with van der Waals surface area (Å²) in [6.45, 7) is 7.66. The van der Waals surface area contributed by atoms with E-state index in [1.807, 2.05) is 12.1 Å². The van der Waals surface area contributed by atoms with Crippen molar-refractivity contribution in [3.8, 4) is 0 Å². The molecule has 0 saturated carbocycles. The van der Waals surface area contributed by atoms with Crippen LogP contribution in [0.15, 0.2) is 28.7 Å². The van der Waals surface area contributed by atoms with Crippen LogP contribution in [0.25, 0.3) is 0 Å². The molecule has 0 fully saturated rings. The van der Waals surface area contributed by atoms with Gasteiger partial charge in [0.25, 0.3) is 0 Å². The molecule has 13 heavy (non-hydrogen) atoms. The number of benzene rings is 1. The highest BCUT2D eigenvalue weighted by atomic mass is 79.9. The summed E-state index contributed by atoms with van der Waals surface area (Å²) in [5.41, 5.74) is 1.51. The zero-order chi connectivity index (χ0) is 9.90. The van der Waals surface area contributed by atoms with Crippen molar-refractivity contribution in [1.29, 1.82) is 0 Å². The lowest BCUT2D eigenvalue weighted by Gasteiger charge is -2.19. The van der Waals surface area contributed by atoms with Gasteiger partial charge in [0.1, 0.15) is 0 Å². The van der Waals surface area contributed by atoms with Crippen molar-refractivity contribution >= 4 is 21.6 Å². The zero-order valence-corrected chi connectivity index (χ0v) is 9.98. The molecule has 0 aliphatic carbocycles. The Kier molecular flexibility index (Phi) is 3.37. The van der Waals surface area contributed by atoms with Crippen molar-refractivity contribution < 1.29 is 0 Å². The molecule has 1 nitrogen and oxygen atoms in total. The maximum atomic E-state index is 3.41. The third kappa shape index (κ3) is 4.32. The first-order valence-electron chi connectivity index (χ1n) is 4.47. The van der Waals surface area contributed by atoms with Crippen molar-refractivity contribution in [1.82, 2.24) is 0 Å². The molecular weight excluding hydrogens is 226 g/mol. The zero-order valence-electron chi connectivity index (χ0n) is 8.39. The average Bonchev–Trinajstić information content (AvgIpc) is 2.02. The fraction of sp³-hybridized carbons (Fsp3) is 0.455. The van der Waals surface area contributed by atoms with Crippen LogP contribution in [-0.4, -0.2) is 6.54 Å². The van der Waals surface area contributed by atoms with Gasteiger partial charge < -0.3 is 5.32 Å². The van der Waals surface area contributed by atoms with Gasteiger partial charge in [0, 0.05) is 16.7 Å². The maximum Gasteiger partial charge on any atom is 0.0341 e. The third-order valence-electron chi connectivity index (χ3n) is 1.67. The summed E-state index contributed by atoms with van der Waals surface area (Å²) in [6, 6.07) is 8.25. The van der Waals surface area contributed by atoms with Crippen LogP contribution in [0.2, 0.25) is 0 Å². The smallest absolute Gasteiger partial charge is 0.0341 e. The lowest BCUT2D eigenvalue weighted by molar-refractivity contribution is 0.443. The van der Waals surface area contributed by atoms with Gasteiger partial charge in [0.15, 0.2) is 0 Å². The van der Waals surface area contributed by atoms with E-state index in [-0.39, 0.29) is 0 Å². The number of hydrogen-bond acceptors (Lipinski definition) is 1. The molecule has 0 atom stereocenters. The summed E-state index contributed by atoms with van der Waals surface area (Å²) >= 11 is 3.41. The number of anilines is 1. The minimum Gasteiger partial charge on any atom is -0.385 e. The van der Waals surface area contributed by atoms with Gasteiger partial charge in [-0.05, 0) is 29.7 Å². The summed E-state index contributed by atoms with van der Waals surface area (Å²) in [5, 5.41) is 3.39. The summed E-state index contributed by atoms with van der Waals surface area (Å²) in [4.78, 5) is 0. The van der Waals surface area contributed by atoms with Crippen molar-refractivity contribution in [2.45, 2.75) is 20.8 Å². The molecule has 0 saturated heterocycles. The first-order valence-corrected chi connectivity index (χ1v) is 5.26. The predicted molar refractivity (Wildman–Crippen MR) is 62.1 cm³/mol. The number of nitrogens with one attached hydrogen (secondary N) is 1. The van der Waals surface area contributed by atoms with Gasteiger partial charge in [-0.25, -0.2) is 0 Å². The monoisotopic (exact) mass is 241 g/mol. The molecule has 0 unspecified atom stereocenters. The van der Waals surface area contributed by atoms with E-state index in [0.717, 1.165) is 11.0 Å². The minimum atomic E-state index is 0.326. The molecule has 0 spiro atoms. The van der Waals surface area contributed by atoms with E-state index in [4.69, 9.17) is 0 Å². The van der Waals surface area contributed by atoms with Crippen LogP contribution in [0.1, 0.15) is 20.8 Å². The molecule has 1 rings (SSSR count). The van der Waals surface area contributed by atoms with Gasteiger partial charge in [0.05, 0.1) is 0 Å². The van der Waals surface area contributed by atoms with Gasteiger partial charge >= 0.3 is 0 Å². The van der Waals surface area contributed by atoms with E-state index in [1.165, 1.54) is 5.69 Å². The molecule has 0 radical (unpaired) electrons. The first kappa shape index (κ1) is 10.6. The Bertz CT molecular complexity index is 258. The van der Waals surface area contributed by atoms with Crippen molar-refractivity contribution in [3.63, 3.8) is 0 Å². The Morgan fingerprint density at radius 2 is 1.69 bits per heavy atom. The van der Waals surface area contributed by atoms with Crippen LogP contribution in [0.4, 0.5) is 5.69 Å². The fourth-order valence-corrected chi connectivity index (χ4v) is 1.20. The summed E-state index contributed by atoms with van der Waals surface area (Å²) in [7, 11) is 0. The number of rotatable bonds is 2. The highest BCUT2D eigenvalue weighted by molar-refractivity contribution is 9.10. The Morgan fingerprint density at radius 3 is 2.15 bits per heavy atom. The normalized spacial score (nSPS) is 11.4. The third-order valence-corrected chi connectivity index (χ3v) is 2.20. The molecule has 0 bridgehead atoms. The highest BCUT2D eigenvalue weighted by Crippen LogP contribution is 2.17. The lowest BCUT2D eigenvalue weighted by Crippen LogP contribution is -2.18. The topological polar surface area (TPSA) is 12.0 Å². The van der Waals surface area contributed by atoms with Gasteiger partial charge in [-0.15, -0.1) is 0 Å². The molecule has 0 aromatic heterocycles. The molecule has 0 aliphatic heterocycles. The molecular formula is C11H16BrN. The van der Waals surface area contributed by atoms with E-state index in [0.29, 0.717) is 5.41 Å². The van der Waals surface area contributed by atoms with E-state index < -0.39 is 0 Å². The fourth-order valence-electron chi connectivity index (χ4n) is 0.935. The number of halogens is 1. The number of hydrogen-bond donors (Lipinski definition) is 1. The van der Waals surface area contributed by atoms with E-state index >= 15 is 0 Å². The van der Waals surface area contributed by atoms with Crippen LogP contribution < -0.4 is 5.32 Å². The minimum absolute atomic E-state index is 0.326. The van der Waals surface area contributed by atoms with Gasteiger partial charge in [0.2, 0.25) is 0 Å². The molecule has 1 aromatic carbocycles. The molecule has 0 amide bonds. The van der Waals surface area contributed by atoms with Gasteiger partial charge in [-0.1, -0.05) is 36.7 Å². The Labute approximate surface area is 88.7 Å². The second-order valence-corrected chi connectivity index (χ2v) is 5.34. The first-order chi connectivity index (χ1) is 5.97. The van der Waals surface area contributed by atoms with Crippen LogP contribution in [0.5, 0.6) is 0 Å². The highest BCUT2D eigenvalue weighted by Gasteiger charge is 2.08. The molecule has 2 heteroatoms. The summed E-state index contributed by atoms with van der Waals surface area (Å²) in [6.07, 6.45) is 0. The van der Waals surface area contributed by atoms with E-state index in [9.17, 15) is 0 Å². The lowest BCUT2D eigenvalue weighted by atomic mass is 9.97. The quantitative estimate of drug-likeness (QED) is 0.829. The molecule has 1 N–H and O–H groups in total. The van der Waals surface area contributed by atoms with E-state index in [2.05, 4.69) is 54.2 Å². The SMILES string of the molecule is CC(C)(C)CNc1ccc(Br)cc1. The molecule has 0 heterocycles. The summed E-state index contributed by atoms with van der Waals surface area (Å²) in [5.74, 6) is 0. The van der Waals surface area contributed by atoms with Crippen molar-refractivity contribution in [2.24, 2.45) is 5.41 Å². The second-order valence-electron chi connectivity index (χ2n) is 4.42. The summed E-state index contributed by atoms with van der Waals surface area (Å²) < 4.78 is 1.12. The van der Waals surface area contributed by atoms with E-state index in [1.54, 1.807) is 0 Å². The molecule has 72 valence electrons. The predicted octanol–water partition coefficient (Wildman–Crippen LogP) is 3.91. The molecule has 1 aromatic rings. The van der Waals surface area contributed by atoms with Crippen LogP contribution in [-0.2, 0) is 0 Å². The second kappa shape index (κ2) is 4.14. The standard InChI is InChI=1S/C11H16BrN/c1-11(2,3)8-13-10-6-4-9(12)5-7-10/h4-7,13H,8H2,1-3H3.